The number of carbonyl (C=O) groups excluding carboxylic acids is 1. The zero-order valence-corrected chi connectivity index (χ0v) is 20.1. The van der Waals surface area contributed by atoms with Gasteiger partial charge in [-0.05, 0) is 61.7 Å². The van der Waals surface area contributed by atoms with Gasteiger partial charge in [0.2, 0.25) is 5.91 Å². The highest BCUT2D eigenvalue weighted by atomic mass is 32.2. The number of fused-ring (bicyclic) bond motifs is 3. The molecular weight excluding hydrogens is 462 g/mol. The number of hydrogen-bond acceptors (Lipinski definition) is 7. The van der Waals surface area contributed by atoms with Crippen molar-refractivity contribution in [3.8, 4) is 0 Å². The van der Waals surface area contributed by atoms with Crippen molar-refractivity contribution < 1.29 is 9.21 Å². The Kier molecular flexibility index (Phi) is 6.21. The number of thioether (sulfide) groups is 1. The van der Waals surface area contributed by atoms with Crippen molar-refractivity contribution in [3.63, 3.8) is 0 Å². The molecule has 4 aromatic heterocycles. The smallest absolute Gasteiger partial charge is 0.263 e. The van der Waals surface area contributed by atoms with Crippen LogP contribution in [0.2, 0.25) is 0 Å². The van der Waals surface area contributed by atoms with Crippen molar-refractivity contribution in [1.29, 1.82) is 0 Å². The quantitative estimate of drug-likeness (QED) is 0.294. The third-order valence-corrected chi connectivity index (χ3v) is 8.83. The highest BCUT2D eigenvalue weighted by molar-refractivity contribution is 7.99. The van der Waals surface area contributed by atoms with Crippen LogP contribution in [0.4, 0.5) is 0 Å². The molecule has 9 heteroatoms. The van der Waals surface area contributed by atoms with Crippen LogP contribution in [-0.4, -0.2) is 21.2 Å². The topological polar surface area (TPSA) is 77.1 Å². The number of aryl methyl sites for hydroxylation is 2. The van der Waals surface area contributed by atoms with Gasteiger partial charge in [0.05, 0.1) is 30.0 Å². The molecule has 1 unspecified atom stereocenters. The van der Waals surface area contributed by atoms with Gasteiger partial charge in [0.1, 0.15) is 10.6 Å². The first-order valence-corrected chi connectivity index (χ1v) is 13.3. The molecule has 166 valence electrons. The summed E-state index contributed by atoms with van der Waals surface area (Å²) in [5, 5.41) is 6.33. The van der Waals surface area contributed by atoms with Crippen LogP contribution in [0.1, 0.15) is 46.9 Å². The van der Waals surface area contributed by atoms with Gasteiger partial charge in [0.25, 0.3) is 5.56 Å². The minimum absolute atomic E-state index is 0.0411. The summed E-state index contributed by atoms with van der Waals surface area (Å²) >= 11 is 4.55. The molecule has 1 N–H and O–H groups in total. The molecule has 4 heterocycles. The van der Waals surface area contributed by atoms with Crippen LogP contribution in [0.25, 0.3) is 10.2 Å². The van der Waals surface area contributed by atoms with E-state index in [4.69, 9.17) is 9.40 Å². The third-order valence-electron chi connectivity index (χ3n) is 5.61. The maximum absolute atomic E-state index is 13.6. The van der Waals surface area contributed by atoms with E-state index < -0.39 is 0 Å². The molecule has 1 aliphatic rings. The summed E-state index contributed by atoms with van der Waals surface area (Å²) in [5.74, 6) is 0.798. The lowest BCUT2D eigenvalue weighted by Gasteiger charge is -2.14. The summed E-state index contributed by atoms with van der Waals surface area (Å²) in [5.41, 5.74) is 1.13. The predicted octanol–water partition coefficient (Wildman–Crippen LogP) is 5.01. The third kappa shape index (κ3) is 4.29. The zero-order valence-electron chi connectivity index (χ0n) is 17.6. The molecule has 5 rings (SSSR count). The van der Waals surface area contributed by atoms with Gasteiger partial charge in [-0.1, -0.05) is 17.8 Å². The van der Waals surface area contributed by atoms with Crippen LogP contribution in [-0.2, 0) is 24.2 Å². The first-order chi connectivity index (χ1) is 15.6. The van der Waals surface area contributed by atoms with E-state index in [2.05, 4.69) is 5.32 Å². The van der Waals surface area contributed by atoms with Crippen LogP contribution in [0.3, 0.4) is 0 Å². The minimum atomic E-state index is -0.0831. The van der Waals surface area contributed by atoms with E-state index in [1.807, 2.05) is 36.6 Å². The number of amides is 1. The molecule has 0 fully saturated rings. The van der Waals surface area contributed by atoms with Gasteiger partial charge < -0.3 is 9.73 Å². The number of rotatable bonds is 7. The second-order valence-electron chi connectivity index (χ2n) is 7.85. The van der Waals surface area contributed by atoms with Crippen LogP contribution in [0.15, 0.2) is 50.3 Å². The Bertz CT molecular complexity index is 1290. The van der Waals surface area contributed by atoms with E-state index in [-0.39, 0.29) is 23.3 Å². The summed E-state index contributed by atoms with van der Waals surface area (Å²) in [6, 6.07) is 7.60. The van der Waals surface area contributed by atoms with Gasteiger partial charge in [-0.3, -0.25) is 14.2 Å². The number of furan rings is 1. The lowest BCUT2D eigenvalue weighted by molar-refractivity contribution is -0.119. The maximum Gasteiger partial charge on any atom is 0.263 e. The first kappa shape index (κ1) is 21.5. The van der Waals surface area contributed by atoms with Crippen molar-refractivity contribution in [1.82, 2.24) is 14.9 Å². The molecule has 32 heavy (non-hydrogen) atoms. The van der Waals surface area contributed by atoms with Gasteiger partial charge in [0.15, 0.2) is 5.16 Å². The highest BCUT2D eigenvalue weighted by Gasteiger charge is 2.23. The Labute approximate surface area is 197 Å². The van der Waals surface area contributed by atoms with E-state index in [1.54, 1.807) is 33.5 Å². The maximum atomic E-state index is 13.6. The van der Waals surface area contributed by atoms with Crippen LogP contribution in [0, 0.1) is 0 Å². The molecule has 0 saturated heterocycles. The average Bonchev–Trinajstić information content (AvgIpc) is 3.55. The standard InChI is InChI=1S/C23H23N3O3S3/c1-14(17-9-5-11-30-17)24-19(27)13-31-23-25-21-20(16-7-2-3-8-18(16)32-21)22(28)26(23)12-15-6-4-10-29-15/h4-6,9-11,14H,2-3,7-8,12-13H2,1H3,(H,24,27). The van der Waals surface area contributed by atoms with Gasteiger partial charge >= 0.3 is 0 Å². The number of nitrogens with one attached hydrogen (secondary N) is 1. The number of nitrogens with zero attached hydrogens (tertiary/aromatic N) is 2. The molecule has 0 aliphatic heterocycles. The molecule has 0 aromatic carbocycles. The summed E-state index contributed by atoms with van der Waals surface area (Å²) in [7, 11) is 0. The molecule has 4 aromatic rings. The molecule has 1 atom stereocenters. The van der Waals surface area contributed by atoms with Gasteiger partial charge in [-0.15, -0.1) is 22.7 Å². The second kappa shape index (κ2) is 9.25. The van der Waals surface area contributed by atoms with E-state index in [0.29, 0.717) is 17.5 Å². The SMILES string of the molecule is CC(NC(=O)CSc1nc2sc3c(c2c(=O)n1Cc1ccco1)CCCC3)c1cccs1. The number of aromatic nitrogens is 2. The fraction of sp³-hybridized carbons (Fsp3) is 0.348. The average molecular weight is 486 g/mol. The summed E-state index contributed by atoms with van der Waals surface area (Å²) in [6.45, 7) is 2.27. The Hall–Kier alpha value is -2.36. The van der Waals surface area contributed by atoms with Crippen LogP contribution < -0.4 is 10.9 Å². The lowest BCUT2D eigenvalue weighted by Crippen LogP contribution is -2.29. The Morgan fingerprint density at radius 1 is 1.31 bits per heavy atom. The molecule has 1 amide bonds. The number of thiophene rings is 2. The largest absolute Gasteiger partial charge is 0.467 e. The van der Waals surface area contributed by atoms with Crippen molar-refractivity contribution in [2.45, 2.75) is 50.4 Å². The van der Waals surface area contributed by atoms with Gasteiger partial charge in [-0.25, -0.2) is 4.98 Å². The van der Waals surface area contributed by atoms with E-state index in [1.165, 1.54) is 22.2 Å². The fourth-order valence-electron chi connectivity index (χ4n) is 4.05. The molecule has 0 saturated carbocycles. The molecule has 1 aliphatic carbocycles. The Balaban J connectivity index is 1.44. The van der Waals surface area contributed by atoms with Crippen molar-refractivity contribution in [2.75, 3.05) is 5.75 Å². The normalized spacial score (nSPS) is 14.4. The van der Waals surface area contributed by atoms with Crippen molar-refractivity contribution >= 4 is 50.6 Å². The molecule has 0 bridgehead atoms. The van der Waals surface area contributed by atoms with E-state index in [9.17, 15) is 9.59 Å². The summed E-state index contributed by atoms with van der Waals surface area (Å²) in [4.78, 5) is 34.2. The minimum Gasteiger partial charge on any atom is -0.467 e. The summed E-state index contributed by atoms with van der Waals surface area (Å²) in [6.07, 6.45) is 5.81. The second-order valence-corrected chi connectivity index (χ2v) is 10.9. The van der Waals surface area contributed by atoms with Crippen molar-refractivity contribution in [2.24, 2.45) is 0 Å². The molecule has 0 radical (unpaired) electrons. The van der Waals surface area contributed by atoms with E-state index >= 15 is 0 Å². The zero-order chi connectivity index (χ0) is 22.1. The monoisotopic (exact) mass is 485 g/mol. The molecule has 6 nitrogen and oxygen atoms in total. The lowest BCUT2D eigenvalue weighted by atomic mass is 9.97. The highest BCUT2D eigenvalue weighted by Crippen LogP contribution is 2.35. The molecular formula is C23H23N3O3S3. The molecule has 0 spiro atoms. The van der Waals surface area contributed by atoms with E-state index in [0.717, 1.165) is 40.8 Å². The van der Waals surface area contributed by atoms with Gasteiger partial charge in [0, 0.05) is 9.75 Å². The van der Waals surface area contributed by atoms with Crippen LogP contribution in [0.5, 0.6) is 0 Å². The Morgan fingerprint density at radius 2 is 2.19 bits per heavy atom. The predicted molar refractivity (Wildman–Crippen MR) is 130 cm³/mol. The van der Waals surface area contributed by atoms with Crippen molar-refractivity contribution in [3.05, 3.63) is 67.3 Å². The number of hydrogen-bond donors (Lipinski definition) is 1. The number of carbonyl (C=O) groups is 1. The van der Waals surface area contributed by atoms with Crippen LogP contribution >= 0.6 is 34.4 Å². The Morgan fingerprint density at radius 3 is 2.97 bits per heavy atom. The van der Waals surface area contributed by atoms with Gasteiger partial charge in [-0.2, -0.15) is 0 Å². The first-order valence-electron chi connectivity index (χ1n) is 10.6. The fourth-order valence-corrected chi connectivity index (χ4v) is 6.90. The summed E-state index contributed by atoms with van der Waals surface area (Å²) < 4.78 is 7.16.